The first-order valence-corrected chi connectivity index (χ1v) is 10.3. The van der Waals surface area contributed by atoms with Gasteiger partial charge in [-0.05, 0) is 52.2 Å². The molecule has 160 valence electrons. The van der Waals surface area contributed by atoms with Crippen molar-refractivity contribution in [2.24, 2.45) is 0 Å². The van der Waals surface area contributed by atoms with E-state index in [9.17, 15) is 9.59 Å². The van der Waals surface area contributed by atoms with Crippen molar-refractivity contribution < 1.29 is 23.8 Å². The Bertz CT molecular complexity index is 730. The van der Waals surface area contributed by atoms with Gasteiger partial charge in [-0.2, -0.15) is 0 Å². The Kier molecular flexibility index (Phi) is 6.67. The first-order valence-electron chi connectivity index (χ1n) is 10.3. The molecule has 2 amide bonds. The maximum Gasteiger partial charge on any atom is 0.410 e. The molecule has 3 rings (SSSR count). The molecule has 2 aliphatic rings. The lowest BCUT2D eigenvalue weighted by Gasteiger charge is -2.31. The lowest BCUT2D eigenvalue weighted by atomic mass is 10.1. The second-order valence-corrected chi connectivity index (χ2v) is 8.65. The molecule has 0 saturated carbocycles. The Morgan fingerprint density at radius 1 is 1.07 bits per heavy atom. The highest BCUT2D eigenvalue weighted by Crippen LogP contribution is 2.33. The van der Waals surface area contributed by atoms with E-state index in [0.29, 0.717) is 37.6 Å². The number of likely N-dealkylation sites (tertiary alicyclic amines) is 1. The molecular formula is C22H32N2O5. The van der Waals surface area contributed by atoms with E-state index in [2.05, 4.69) is 0 Å². The van der Waals surface area contributed by atoms with Crippen molar-refractivity contribution in [3.05, 3.63) is 29.8 Å². The number of ether oxygens (including phenoxy) is 3. The molecule has 2 heterocycles. The number of carbonyl (C=O) groups is 2. The molecule has 0 aliphatic carbocycles. The van der Waals surface area contributed by atoms with E-state index in [1.165, 1.54) is 0 Å². The summed E-state index contributed by atoms with van der Waals surface area (Å²) < 4.78 is 16.4. The van der Waals surface area contributed by atoms with Crippen LogP contribution in [0.1, 0.15) is 50.4 Å². The zero-order valence-corrected chi connectivity index (χ0v) is 17.8. The van der Waals surface area contributed by atoms with Crippen molar-refractivity contribution >= 4 is 12.0 Å². The smallest absolute Gasteiger partial charge is 0.410 e. The van der Waals surface area contributed by atoms with E-state index in [0.717, 1.165) is 19.3 Å². The number of hydrogen-bond acceptors (Lipinski definition) is 5. The number of amides is 2. The highest BCUT2D eigenvalue weighted by Gasteiger charge is 2.43. The van der Waals surface area contributed by atoms with E-state index < -0.39 is 5.60 Å². The average molecular weight is 405 g/mol. The van der Waals surface area contributed by atoms with Crippen LogP contribution in [0.5, 0.6) is 5.75 Å². The summed E-state index contributed by atoms with van der Waals surface area (Å²) in [5.74, 6) is 0.502. The van der Waals surface area contributed by atoms with Gasteiger partial charge in [0.2, 0.25) is 0 Å². The minimum atomic E-state index is -0.531. The molecule has 0 spiro atoms. The normalized spacial score (nSPS) is 21.7. The predicted molar refractivity (Wildman–Crippen MR) is 109 cm³/mol. The first-order chi connectivity index (χ1) is 13.8. The van der Waals surface area contributed by atoms with Crippen LogP contribution in [-0.4, -0.2) is 72.9 Å². The fourth-order valence-corrected chi connectivity index (χ4v) is 4.05. The SMILES string of the molecule is COCCOc1ccccc1C(=O)N1CC[C@H]2CC[C@@H](C1)N2C(=O)OC(C)(C)C. The third-order valence-corrected chi connectivity index (χ3v) is 5.34. The van der Waals surface area contributed by atoms with Gasteiger partial charge in [0, 0.05) is 26.2 Å². The van der Waals surface area contributed by atoms with Crippen LogP contribution in [0, 0.1) is 0 Å². The number of methoxy groups -OCH3 is 1. The van der Waals surface area contributed by atoms with Gasteiger partial charge in [0.15, 0.2) is 0 Å². The van der Waals surface area contributed by atoms with E-state index in [1.807, 2.05) is 42.7 Å². The minimum absolute atomic E-state index is 0.0112. The Morgan fingerprint density at radius 3 is 2.52 bits per heavy atom. The number of benzene rings is 1. The average Bonchev–Trinajstić information content (AvgIpc) is 2.95. The molecule has 29 heavy (non-hydrogen) atoms. The lowest BCUT2D eigenvalue weighted by Crippen LogP contribution is -2.46. The first kappa shape index (κ1) is 21.4. The van der Waals surface area contributed by atoms with Crippen LogP contribution in [-0.2, 0) is 9.47 Å². The van der Waals surface area contributed by atoms with E-state index in [1.54, 1.807) is 19.2 Å². The summed E-state index contributed by atoms with van der Waals surface area (Å²) in [7, 11) is 1.61. The van der Waals surface area contributed by atoms with Gasteiger partial charge < -0.3 is 24.0 Å². The molecule has 0 aromatic heterocycles. The van der Waals surface area contributed by atoms with E-state index in [-0.39, 0.29) is 24.1 Å². The van der Waals surface area contributed by atoms with Gasteiger partial charge in [-0.3, -0.25) is 4.79 Å². The maximum absolute atomic E-state index is 13.3. The van der Waals surface area contributed by atoms with E-state index in [4.69, 9.17) is 14.2 Å². The fourth-order valence-electron chi connectivity index (χ4n) is 4.05. The zero-order chi connectivity index (χ0) is 21.0. The molecule has 2 atom stereocenters. The molecule has 2 bridgehead atoms. The summed E-state index contributed by atoms with van der Waals surface area (Å²) in [6, 6.07) is 7.41. The molecule has 2 saturated heterocycles. The molecule has 2 aliphatic heterocycles. The molecule has 2 fully saturated rings. The summed E-state index contributed by atoms with van der Waals surface area (Å²) in [5.41, 5.74) is 0.0155. The number of para-hydroxylation sites is 1. The van der Waals surface area contributed by atoms with Crippen molar-refractivity contribution in [2.75, 3.05) is 33.4 Å². The number of hydrogen-bond donors (Lipinski definition) is 0. The molecule has 0 radical (unpaired) electrons. The van der Waals surface area contributed by atoms with Crippen LogP contribution in [0.2, 0.25) is 0 Å². The topological polar surface area (TPSA) is 68.3 Å². The van der Waals surface area contributed by atoms with Crippen molar-refractivity contribution in [2.45, 2.75) is 57.7 Å². The second kappa shape index (κ2) is 9.03. The molecule has 0 N–H and O–H groups in total. The van der Waals surface area contributed by atoms with Crippen LogP contribution in [0.3, 0.4) is 0 Å². The summed E-state index contributed by atoms with van der Waals surface area (Å²) in [5, 5.41) is 0. The van der Waals surface area contributed by atoms with Crippen molar-refractivity contribution in [1.82, 2.24) is 9.80 Å². The van der Waals surface area contributed by atoms with Gasteiger partial charge in [0.25, 0.3) is 5.91 Å². The van der Waals surface area contributed by atoms with E-state index >= 15 is 0 Å². The maximum atomic E-state index is 13.3. The van der Waals surface area contributed by atoms with Crippen LogP contribution in [0.25, 0.3) is 0 Å². The zero-order valence-electron chi connectivity index (χ0n) is 17.8. The molecule has 1 aromatic carbocycles. The minimum Gasteiger partial charge on any atom is -0.490 e. The monoisotopic (exact) mass is 404 g/mol. The third-order valence-electron chi connectivity index (χ3n) is 5.34. The summed E-state index contributed by atoms with van der Waals surface area (Å²) in [6.45, 7) is 7.61. The lowest BCUT2D eigenvalue weighted by molar-refractivity contribution is 0.0151. The number of rotatable bonds is 5. The Hall–Kier alpha value is -2.28. The third kappa shape index (κ3) is 5.21. The largest absolute Gasteiger partial charge is 0.490 e. The summed E-state index contributed by atoms with van der Waals surface area (Å²) in [6.07, 6.45) is 2.33. The van der Waals surface area contributed by atoms with Gasteiger partial charge in [-0.1, -0.05) is 12.1 Å². The molecular weight excluding hydrogens is 372 g/mol. The quantitative estimate of drug-likeness (QED) is 0.704. The highest BCUT2D eigenvalue weighted by molar-refractivity contribution is 5.97. The van der Waals surface area contributed by atoms with Crippen LogP contribution < -0.4 is 4.74 Å². The summed E-state index contributed by atoms with van der Waals surface area (Å²) >= 11 is 0. The highest BCUT2D eigenvalue weighted by atomic mass is 16.6. The Balaban J connectivity index is 1.72. The predicted octanol–water partition coefficient (Wildman–Crippen LogP) is 3.33. The number of carbonyl (C=O) groups excluding carboxylic acids is 2. The van der Waals surface area contributed by atoms with Gasteiger partial charge >= 0.3 is 6.09 Å². The van der Waals surface area contributed by atoms with Crippen molar-refractivity contribution in [3.8, 4) is 5.75 Å². The van der Waals surface area contributed by atoms with Gasteiger partial charge in [-0.15, -0.1) is 0 Å². The molecule has 0 unspecified atom stereocenters. The molecule has 7 heteroatoms. The van der Waals surface area contributed by atoms with Crippen molar-refractivity contribution in [1.29, 1.82) is 0 Å². The Labute approximate surface area is 172 Å². The fraction of sp³-hybridized carbons (Fsp3) is 0.636. The van der Waals surface area contributed by atoms with Crippen molar-refractivity contribution in [3.63, 3.8) is 0 Å². The van der Waals surface area contributed by atoms with Gasteiger partial charge in [-0.25, -0.2) is 4.79 Å². The molecule has 7 nitrogen and oxygen atoms in total. The van der Waals surface area contributed by atoms with Crippen LogP contribution >= 0.6 is 0 Å². The molecule has 1 aromatic rings. The number of fused-ring (bicyclic) bond motifs is 2. The van der Waals surface area contributed by atoms with Gasteiger partial charge in [0.05, 0.1) is 18.2 Å². The van der Waals surface area contributed by atoms with Crippen LogP contribution in [0.4, 0.5) is 4.79 Å². The van der Waals surface area contributed by atoms with Gasteiger partial charge in [0.1, 0.15) is 18.0 Å². The number of nitrogens with zero attached hydrogens (tertiary/aromatic N) is 2. The standard InChI is InChI=1S/C22H32N2O5/c1-22(2,3)29-21(26)24-16-9-10-17(24)15-23(12-11-16)20(25)18-7-5-6-8-19(18)28-14-13-27-4/h5-8,16-17H,9-15H2,1-4H3/t16-,17+/m1/s1. The second-order valence-electron chi connectivity index (χ2n) is 8.65. The Morgan fingerprint density at radius 2 is 1.79 bits per heavy atom. The summed E-state index contributed by atoms with van der Waals surface area (Å²) in [4.78, 5) is 29.7. The van der Waals surface area contributed by atoms with Crippen LogP contribution in [0.15, 0.2) is 24.3 Å².